The number of benzene rings is 1. The van der Waals surface area contributed by atoms with Crippen LogP contribution in [-0.2, 0) is 11.2 Å². The number of carbonyl (C=O) groups is 1. The fourth-order valence-electron chi connectivity index (χ4n) is 0.983. The summed E-state index contributed by atoms with van der Waals surface area (Å²) in [6.07, 6.45) is -0.197. The van der Waals surface area contributed by atoms with Gasteiger partial charge in [-0.3, -0.25) is 14.9 Å². The molecule has 0 fully saturated rings. The molecule has 1 N–H and O–H groups in total. The average Bonchev–Trinajstić information content (AvgIpc) is 2.01. The summed E-state index contributed by atoms with van der Waals surface area (Å²) >= 11 is 5.57. The lowest BCUT2D eigenvalue weighted by atomic mass is 10.1. The van der Waals surface area contributed by atoms with Crippen LogP contribution >= 0.6 is 11.6 Å². The highest BCUT2D eigenvalue weighted by Gasteiger charge is 2.12. The normalized spacial score (nSPS) is 9.79. The van der Waals surface area contributed by atoms with Crippen molar-refractivity contribution in [2.45, 2.75) is 6.42 Å². The number of nitro groups is 1. The van der Waals surface area contributed by atoms with Crippen molar-refractivity contribution < 1.29 is 14.8 Å². The van der Waals surface area contributed by atoms with Gasteiger partial charge in [-0.2, -0.15) is 0 Å². The lowest BCUT2D eigenvalue weighted by Gasteiger charge is -1.98. The molecule has 0 spiro atoms. The van der Waals surface area contributed by atoms with Crippen LogP contribution in [0.5, 0.6) is 0 Å². The Balaban J connectivity index is 3.00. The largest absolute Gasteiger partial charge is 0.481 e. The predicted octanol–water partition coefficient (Wildman–Crippen LogP) is 1.88. The number of aliphatic carboxylic acids is 1. The first-order valence-electron chi connectivity index (χ1n) is 3.65. The Bertz CT molecular complexity index is 391. The smallest absolute Gasteiger partial charge is 0.307 e. The van der Waals surface area contributed by atoms with Gasteiger partial charge in [0.15, 0.2) is 0 Å². The molecule has 0 saturated carbocycles. The maximum Gasteiger partial charge on any atom is 0.307 e. The quantitative estimate of drug-likeness (QED) is 0.617. The van der Waals surface area contributed by atoms with E-state index in [2.05, 4.69) is 0 Å². The van der Waals surface area contributed by atoms with E-state index in [-0.39, 0.29) is 17.1 Å². The van der Waals surface area contributed by atoms with Crippen LogP contribution in [0.3, 0.4) is 0 Å². The number of carboxylic acid groups (broad SMARTS) is 1. The lowest BCUT2D eigenvalue weighted by Crippen LogP contribution is -2.00. The van der Waals surface area contributed by atoms with Gasteiger partial charge in [0, 0.05) is 6.07 Å². The molecule has 0 aliphatic rings. The fraction of sp³-hybridized carbons (Fsp3) is 0.125. The van der Waals surface area contributed by atoms with Crippen molar-refractivity contribution in [3.63, 3.8) is 0 Å². The molecule has 0 heterocycles. The van der Waals surface area contributed by atoms with Gasteiger partial charge >= 0.3 is 5.97 Å². The highest BCUT2D eigenvalue weighted by atomic mass is 35.5. The van der Waals surface area contributed by atoms with Gasteiger partial charge in [-0.25, -0.2) is 0 Å². The molecule has 14 heavy (non-hydrogen) atoms. The van der Waals surface area contributed by atoms with E-state index in [9.17, 15) is 14.9 Å². The molecule has 0 aromatic heterocycles. The third kappa shape index (κ3) is 2.43. The second kappa shape index (κ2) is 4.06. The summed E-state index contributed by atoms with van der Waals surface area (Å²) in [5.74, 6) is -1.00. The molecule has 6 heteroatoms. The number of hydrogen-bond donors (Lipinski definition) is 1. The minimum absolute atomic E-state index is 0.0475. The van der Waals surface area contributed by atoms with E-state index in [1.54, 1.807) is 0 Å². The average molecular weight is 216 g/mol. The first kappa shape index (κ1) is 10.5. The molecule has 1 rings (SSSR count). The van der Waals surface area contributed by atoms with E-state index in [0.29, 0.717) is 5.56 Å². The Morgan fingerprint density at radius 1 is 1.57 bits per heavy atom. The summed E-state index contributed by atoms with van der Waals surface area (Å²) < 4.78 is 0. The Kier molecular flexibility index (Phi) is 3.03. The predicted molar refractivity (Wildman–Crippen MR) is 49.4 cm³/mol. The molecule has 0 bridgehead atoms. The number of rotatable bonds is 3. The first-order valence-corrected chi connectivity index (χ1v) is 4.03. The zero-order valence-corrected chi connectivity index (χ0v) is 7.69. The van der Waals surface area contributed by atoms with Crippen molar-refractivity contribution in [1.82, 2.24) is 0 Å². The molecule has 0 amide bonds. The highest BCUT2D eigenvalue weighted by molar-refractivity contribution is 6.32. The number of halogens is 1. The summed E-state index contributed by atoms with van der Waals surface area (Å²) in [5.41, 5.74) is 0.217. The topological polar surface area (TPSA) is 80.4 Å². The van der Waals surface area contributed by atoms with E-state index in [4.69, 9.17) is 16.7 Å². The SMILES string of the molecule is O=C(O)Cc1ccc([N+](=O)[O-])c(Cl)c1. The van der Waals surface area contributed by atoms with Gasteiger partial charge in [0.2, 0.25) is 0 Å². The van der Waals surface area contributed by atoms with Crippen molar-refractivity contribution in [2.75, 3.05) is 0 Å². The zero-order chi connectivity index (χ0) is 10.7. The summed E-state index contributed by atoms with van der Waals surface area (Å²) in [7, 11) is 0. The molecule has 5 nitrogen and oxygen atoms in total. The van der Waals surface area contributed by atoms with Crippen LogP contribution in [0.2, 0.25) is 5.02 Å². The van der Waals surface area contributed by atoms with Gasteiger partial charge in [-0.1, -0.05) is 17.7 Å². The van der Waals surface area contributed by atoms with Gasteiger partial charge < -0.3 is 5.11 Å². The van der Waals surface area contributed by atoms with Crippen molar-refractivity contribution in [3.8, 4) is 0 Å². The van der Waals surface area contributed by atoms with Crippen LogP contribution < -0.4 is 0 Å². The monoisotopic (exact) mass is 215 g/mol. The van der Waals surface area contributed by atoms with Crippen molar-refractivity contribution in [1.29, 1.82) is 0 Å². The van der Waals surface area contributed by atoms with Crippen LogP contribution in [0.1, 0.15) is 5.56 Å². The van der Waals surface area contributed by atoms with Gasteiger partial charge in [0.25, 0.3) is 5.69 Å². The molecule has 0 saturated heterocycles. The number of nitrogens with zero attached hydrogens (tertiary/aromatic N) is 1. The number of nitro benzene ring substituents is 1. The fourth-order valence-corrected chi connectivity index (χ4v) is 1.26. The Morgan fingerprint density at radius 2 is 2.21 bits per heavy atom. The van der Waals surface area contributed by atoms with E-state index < -0.39 is 10.9 Å². The molecule has 0 unspecified atom stereocenters. The standard InChI is InChI=1S/C8H6ClNO4/c9-6-3-5(4-8(11)12)1-2-7(6)10(13)14/h1-3H,4H2,(H,11,12). The summed E-state index contributed by atoms with van der Waals surface area (Å²) in [5, 5.41) is 18.8. The minimum atomic E-state index is -1.00. The van der Waals surface area contributed by atoms with Crippen LogP contribution in [0.4, 0.5) is 5.69 Å². The molecule has 0 aliphatic carbocycles. The van der Waals surface area contributed by atoms with Gasteiger partial charge in [0.1, 0.15) is 5.02 Å². The van der Waals surface area contributed by atoms with Crippen LogP contribution in [-0.4, -0.2) is 16.0 Å². The third-order valence-corrected chi connectivity index (χ3v) is 1.87. The van der Waals surface area contributed by atoms with Crippen molar-refractivity contribution in [2.24, 2.45) is 0 Å². The van der Waals surface area contributed by atoms with Crippen LogP contribution in [0, 0.1) is 10.1 Å². The second-order valence-corrected chi connectivity index (χ2v) is 3.02. The summed E-state index contributed by atoms with van der Waals surface area (Å²) in [4.78, 5) is 20.1. The molecule has 0 aliphatic heterocycles. The van der Waals surface area contributed by atoms with E-state index in [1.165, 1.54) is 18.2 Å². The molecular formula is C8H6ClNO4. The molecule has 1 aromatic carbocycles. The summed E-state index contributed by atoms with van der Waals surface area (Å²) in [6.45, 7) is 0. The second-order valence-electron chi connectivity index (χ2n) is 2.61. The van der Waals surface area contributed by atoms with E-state index in [1.807, 2.05) is 0 Å². The molecule has 0 atom stereocenters. The third-order valence-electron chi connectivity index (χ3n) is 1.56. The minimum Gasteiger partial charge on any atom is -0.481 e. The molecule has 74 valence electrons. The Hall–Kier alpha value is -1.62. The maximum absolute atomic E-state index is 10.4. The van der Waals surface area contributed by atoms with Gasteiger partial charge in [-0.05, 0) is 11.6 Å². The molecule has 1 aromatic rings. The van der Waals surface area contributed by atoms with Crippen LogP contribution in [0.25, 0.3) is 0 Å². The Morgan fingerprint density at radius 3 is 2.64 bits per heavy atom. The Labute approximate surface area is 84.1 Å². The van der Waals surface area contributed by atoms with Gasteiger partial charge in [0.05, 0.1) is 11.3 Å². The lowest BCUT2D eigenvalue weighted by molar-refractivity contribution is -0.384. The molecular weight excluding hydrogens is 210 g/mol. The number of hydrogen-bond acceptors (Lipinski definition) is 3. The maximum atomic E-state index is 10.4. The van der Waals surface area contributed by atoms with Crippen molar-refractivity contribution >= 4 is 23.3 Å². The molecule has 0 radical (unpaired) electrons. The number of carboxylic acids is 1. The van der Waals surface area contributed by atoms with Gasteiger partial charge in [-0.15, -0.1) is 0 Å². The highest BCUT2D eigenvalue weighted by Crippen LogP contribution is 2.24. The van der Waals surface area contributed by atoms with Crippen LogP contribution in [0.15, 0.2) is 18.2 Å². The first-order chi connectivity index (χ1) is 6.50. The van der Waals surface area contributed by atoms with E-state index >= 15 is 0 Å². The van der Waals surface area contributed by atoms with E-state index in [0.717, 1.165) is 0 Å². The summed E-state index contributed by atoms with van der Waals surface area (Å²) in [6, 6.07) is 3.85. The zero-order valence-electron chi connectivity index (χ0n) is 6.94. The van der Waals surface area contributed by atoms with Crippen molar-refractivity contribution in [3.05, 3.63) is 38.9 Å².